The lowest BCUT2D eigenvalue weighted by atomic mass is 9.41. The zero-order chi connectivity index (χ0) is 20.0. The van der Waals surface area contributed by atoms with Crippen molar-refractivity contribution in [3.63, 3.8) is 0 Å². The fourth-order valence-corrected chi connectivity index (χ4v) is 8.18. The van der Waals surface area contributed by atoms with Gasteiger partial charge in [0, 0.05) is 17.4 Å². The Morgan fingerprint density at radius 3 is 2.39 bits per heavy atom. The van der Waals surface area contributed by atoms with E-state index in [1.54, 1.807) is 12.5 Å². The minimum absolute atomic E-state index is 0.0627. The molecule has 28 heavy (non-hydrogen) atoms. The Hall–Kier alpha value is -0.880. The lowest BCUT2D eigenvalue weighted by molar-refractivity contribution is -0.270. The second kappa shape index (κ2) is 5.63. The van der Waals surface area contributed by atoms with Crippen LogP contribution >= 0.6 is 0 Å². The van der Waals surface area contributed by atoms with E-state index in [-0.39, 0.29) is 17.3 Å². The Labute approximate surface area is 166 Å². The van der Waals surface area contributed by atoms with E-state index >= 15 is 0 Å². The smallest absolute Gasteiger partial charge is 0.101 e. The predicted molar refractivity (Wildman–Crippen MR) is 103 cm³/mol. The van der Waals surface area contributed by atoms with Crippen LogP contribution in [0.1, 0.15) is 77.2 Å². The van der Waals surface area contributed by atoms with Gasteiger partial charge in [0.05, 0.1) is 29.8 Å². The molecule has 4 aliphatic rings. The van der Waals surface area contributed by atoms with Gasteiger partial charge in [-0.25, -0.2) is 0 Å². The maximum Gasteiger partial charge on any atom is 0.101 e. The quantitative estimate of drug-likeness (QED) is 0.591. The molecule has 5 nitrogen and oxygen atoms in total. The molecule has 4 aliphatic carbocycles. The molecule has 1 aromatic rings. The van der Waals surface area contributed by atoms with Gasteiger partial charge in [0.2, 0.25) is 0 Å². The molecule has 0 spiro atoms. The second-order valence-corrected chi connectivity index (χ2v) is 10.8. The number of rotatable bonds is 1. The number of furan rings is 1. The Kier molecular flexibility index (Phi) is 3.84. The van der Waals surface area contributed by atoms with Crippen LogP contribution in [0, 0.1) is 22.7 Å². The van der Waals surface area contributed by atoms with Gasteiger partial charge in [-0.15, -0.1) is 0 Å². The number of fused-ring (bicyclic) bond motifs is 5. The first-order valence-electron chi connectivity index (χ1n) is 11.0. The maximum atomic E-state index is 12.1. The zero-order valence-corrected chi connectivity index (χ0v) is 17.0. The third-order valence-electron chi connectivity index (χ3n) is 10.1. The molecule has 5 heteroatoms. The summed E-state index contributed by atoms with van der Waals surface area (Å²) in [5.74, 6) is 0.274. The van der Waals surface area contributed by atoms with Gasteiger partial charge in [0.25, 0.3) is 0 Å². The largest absolute Gasteiger partial charge is 0.472 e. The van der Waals surface area contributed by atoms with Crippen molar-refractivity contribution < 1.29 is 24.8 Å². The molecule has 0 aliphatic heterocycles. The summed E-state index contributed by atoms with van der Waals surface area (Å²) >= 11 is 0. The van der Waals surface area contributed by atoms with Gasteiger partial charge < -0.3 is 24.8 Å². The van der Waals surface area contributed by atoms with E-state index < -0.39 is 28.3 Å². The van der Waals surface area contributed by atoms with E-state index in [0.717, 1.165) is 37.7 Å². The first-order valence-corrected chi connectivity index (χ1v) is 11.0. The van der Waals surface area contributed by atoms with E-state index in [2.05, 4.69) is 13.8 Å². The molecule has 0 aromatic carbocycles. The minimum Gasteiger partial charge on any atom is -0.472 e. The number of aliphatic hydroxyl groups excluding tert-OH is 1. The molecule has 1 aromatic heterocycles. The molecule has 0 saturated heterocycles. The number of aliphatic hydroxyl groups is 4. The van der Waals surface area contributed by atoms with Gasteiger partial charge in [0.15, 0.2) is 0 Å². The molecule has 1 heterocycles. The van der Waals surface area contributed by atoms with Crippen molar-refractivity contribution in [3.05, 3.63) is 24.2 Å². The summed E-state index contributed by atoms with van der Waals surface area (Å²) in [7, 11) is 0. The van der Waals surface area contributed by atoms with Gasteiger partial charge in [0.1, 0.15) is 5.60 Å². The second-order valence-electron chi connectivity index (χ2n) is 10.8. The number of hydrogen-bond donors (Lipinski definition) is 4. The summed E-state index contributed by atoms with van der Waals surface area (Å²) in [6.45, 7) is 4.23. The van der Waals surface area contributed by atoms with E-state index in [4.69, 9.17) is 4.42 Å². The third kappa shape index (κ3) is 2.02. The molecule has 0 radical (unpaired) electrons. The SMILES string of the molecule is C[C@]12CC[C@H]3[C@@H](CC[C@]4(O)C[C@@H](O)CC[C@]34C)[C@@]1(O)CC[C@@]2(O)c1ccoc1. The average molecular weight is 391 g/mol. The molecule has 4 N–H and O–H groups in total. The fraction of sp³-hybridized carbons (Fsp3) is 0.826. The summed E-state index contributed by atoms with van der Waals surface area (Å²) in [5.41, 5.74) is -3.05. The standard InChI is InChI=1S/C23H34O5/c1-19-7-3-16(24)13-21(19,25)9-5-18-17(19)4-8-20(2)22(26,10-11-23(18,20)27)15-6-12-28-14-15/h6,12,14,16-18,24-27H,3-5,7-11,13H2,1-2H3/t16-,17-,18+,19+,20+,21-,22+,23-/m0/s1. The van der Waals surface area contributed by atoms with Crippen LogP contribution in [0.25, 0.3) is 0 Å². The van der Waals surface area contributed by atoms with Crippen LogP contribution in [0.2, 0.25) is 0 Å². The minimum atomic E-state index is -1.09. The van der Waals surface area contributed by atoms with Crippen molar-refractivity contribution >= 4 is 0 Å². The molecule has 5 rings (SSSR count). The van der Waals surface area contributed by atoms with Gasteiger partial charge in [-0.2, -0.15) is 0 Å². The van der Waals surface area contributed by atoms with Crippen molar-refractivity contribution in [3.8, 4) is 0 Å². The van der Waals surface area contributed by atoms with Gasteiger partial charge >= 0.3 is 0 Å². The van der Waals surface area contributed by atoms with E-state index in [1.165, 1.54) is 0 Å². The highest BCUT2D eigenvalue weighted by molar-refractivity contribution is 5.30. The average Bonchev–Trinajstić information content (AvgIpc) is 3.25. The zero-order valence-electron chi connectivity index (χ0n) is 17.0. The van der Waals surface area contributed by atoms with Crippen molar-refractivity contribution in [2.24, 2.45) is 22.7 Å². The molecule has 0 unspecified atom stereocenters. The van der Waals surface area contributed by atoms with Crippen LogP contribution in [0.5, 0.6) is 0 Å². The molecular weight excluding hydrogens is 356 g/mol. The Morgan fingerprint density at radius 2 is 1.68 bits per heavy atom. The molecule has 4 fully saturated rings. The monoisotopic (exact) mass is 390 g/mol. The molecule has 8 atom stereocenters. The summed E-state index contributed by atoms with van der Waals surface area (Å²) in [6.07, 6.45) is 8.82. The molecule has 0 bridgehead atoms. The molecule has 4 saturated carbocycles. The Balaban J connectivity index is 1.54. The molecule has 0 amide bonds. The van der Waals surface area contributed by atoms with Gasteiger partial charge in [-0.1, -0.05) is 13.8 Å². The van der Waals surface area contributed by atoms with Crippen LogP contribution in [-0.2, 0) is 5.60 Å². The van der Waals surface area contributed by atoms with Crippen molar-refractivity contribution in [1.29, 1.82) is 0 Å². The fourth-order valence-electron chi connectivity index (χ4n) is 8.18. The highest BCUT2D eigenvalue weighted by atomic mass is 16.3. The van der Waals surface area contributed by atoms with Crippen molar-refractivity contribution in [2.75, 3.05) is 0 Å². The first-order chi connectivity index (χ1) is 13.1. The first kappa shape index (κ1) is 19.1. The third-order valence-corrected chi connectivity index (χ3v) is 10.1. The summed E-state index contributed by atoms with van der Waals surface area (Å²) < 4.78 is 5.27. The van der Waals surface area contributed by atoms with E-state index in [0.29, 0.717) is 25.7 Å². The number of hydrogen-bond acceptors (Lipinski definition) is 5. The van der Waals surface area contributed by atoms with E-state index in [1.807, 2.05) is 6.07 Å². The lowest BCUT2D eigenvalue weighted by Gasteiger charge is -2.66. The highest BCUT2D eigenvalue weighted by Crippen LogP contribution is 2.72. The van der Waals surface area contributed by atoms with Gasteiger partial charge in [-0.3, -0.25) is 0 Å². The normalized spacial score (nSPS) is 56.0. The molecule has 156 valence electrons. The topological polar surface area (TPSA) is 94.1 Å². The van der Waals surface area contributed by atoms with Gasteiger partial charge in [-0.05, 0) is 74.7 Å². The van der Waals surface area contributed by atoms with E-state index in [9.17, 15) is 20.4 Å². The Bertz CT molecular complexity index is 763. The summed E-state index contributed by atoms with van der Waals surface area (Å²) in [6, 6.07) is 1.83. The summed E-state index contributed by atoms with van der Waals surface area (Å²) in [4.78, 5) is 0. The van der Waals surface area contributed by atoms with Crippen LogP contribution in [-0.4, -0.2) is 37.7 Å². The lowest BCUT2D eigenvalue weighted by Crippen LogP contribution is -2.68. The molecular formula is C23H34O5. The Morgan fingerprint density at radius 1 is 0.929 bits per heavy atom. The van der Waals surface area contributed by atoms with Crippen LogP contribution in [0.3, 0.4) is 0 Å². The maximum absolute atomic E-state index is 12.1. The van der Waals surface area contributed by atoms with Crippen LogP contribution in [0.4, 0.5) is 0 Å². The van der Waals surface area contributed by atoms with Crippen molar-refractivity contribution in [2.45, 2.75) is 94.5 Å². The highest BCUT2D eigenvalue weighted by Gasteiger charge is 2.73. The van der Waals surface area contributed by atoms with Crippen molar-refractivity contribution in [1.82, 2.24) is 0 Å². The summed E-state index contributed by atoms with van der Waals surface area (Å²) in [5, 5.41) is 45.5. The predicted octanol–water partition coefficient (Wildman–Crippen LogP) is 3.10. The van der Waals surface area contributed by atoms with Crippen LogP contribution in [0.15, 0.2) is 23.0 Å². The van der Waals surface area contributed by atoms with Crippen LogP contribution < -0.4 is 0 Å².